The lowest BCUT2D eigenvalue weighted by molar-refractivity contribution is -0.101. The molecule has 0 amide bonds. The second-order valence-electron chi connectivity index (χ2n) is 5.74. The van der Waals surface area contributed by atoms with Crippen molar-refractivity contribution < 1.29 is 9.47 Å². The molecule has 0 aromatic heterocycles. The lowest BCUT2D eigenvalue weighted by Gasteiger charge is -2.32. The molecule has 0 N–H and O–H groups in total. The van der Waals surface area contributed by atoms with Crippen LogP contribution < -0.4 is 0 Å². The van der Waals surface area contributed by atoms with Gasteiger partial charge in [0.1, 0.15) is 0 Å². The summed E-state index contributed by atoms with van der Waals surface area (Å²) in [5.41, 5.74) is 1.48. The van der Waals surface area contributed by atoms with Crippen LogP contribution in [0.1, 0.15) is 32.3 Å². The Morgan fingerprint density at radius 2 is 1.95 bits per heavy atom. The number of hydrogen-bond donors (Lipinski definition) is 0. The highest BCUT2D eigenvalue weighted by Crippen LogP contribution is 2.37. The average molecular weight is 278 g/mol. The van der Waals surface area contributed by atoms with Crippen molar-refractivity contribution in [2.24, 2.45) is 0 Å². The molecule has 2 aliphatic rings. The topological polar surface area (TPSA) is 18.5 Å². The van der Waals surface area contributed by atoms with E-state index < -0.39 is 0 Å². The van der Waals surface area contributed by atoms with E-state index in [1.807, 2.05) is 11.8 Å². The highest BCUT2D eigenvalue weighted by Gasteiger charge is 2.27. The van der Waals surface area contributed by atoms with E-state index >= 15 is 0 Å². The van der Waals surface area contributed by atoms with Crippen LogP contribution in [-0.2, 0) is 15.9 Å². The molecule has 3 rings (SSSR count). The summed E-state index contributed by atoms with van der Waals surface area (Å²) in [6, 6.07) is 8.71. The van der Waals surface area contributed by atoms with Crippen LogP contribution in [-0.4, -0.2) is 30.2 Å². The number of fused-ring (bicyclic) bond motifs is 1. The van der Waals surface area contributed by atoms with Gasteiger partial charge in [-0.25, -0.2) is 0 Å². The maximum atomic E-state index is 6.14. The molecule has 0 aliphatic carbocycles. The van der Waals surface area contributed by atoms with Gasteiger partial charge in [-0.2, -0.15) is 0 Å². The molecule has 2 heterocycles. The predicted octanol–water partition coefficient (Wildman–Crippen LogP) is 3.68. The van der Waals surface area contributed by atoms with Crippen molar-refractivity contribution in [1.29, 1.82) is 0 Å². The van der Waals surface area contributed by atoms with Gasteiger partial charge in [0.25, 0.3) is 0 Å². The monoisotopic (exact) mass is 278 g/mol. The molecule has 1 saturated heterocycles. The van der Waals surface area contributed by atoms with Gasteiger partial charge in [0.05, 0.1) is 24.9 Å². The molecular formula is C16H22O2S. The van der Waals surface area contributed by atoms with E-state index in [1.165, 1.54) is 10.5 Å². The fourth-order valence-corrected chi connectivity index (χ4v) is 4.30. The minimum atomic E-state index is 0.335. The van der Waals surface area contributed by atoms with Crippen molar-refractivity contribution >= 4 is 11.8 Å². The number of ether oxygens (including phenoxy) is 2. The molecule has 0 saturated carbocycles. The number of thioether (sulfide) groups is 1. The second kappa shape index (κ2) is 5.86. The van der Waals surface area contributed by atoms with E-state index in [9.17, 15) is 0 Å². The molecule has 19 heavy (non-hydrogen) atoms. The molecule has 2 aliphatic heterocycles. The van der Waals surface area contributed by atoms with Gasteiger partial charge in [-0.3, -0.25) is 0 Å². The summed E-state index contributed by atoms with van der Waals surface area (Å²) in [4.78, 5) is 1.44. The fourth-order valence-electron chi connectivity index (χ4n) is 3.07. The van der Waals surface area contributed by atoms with E-state index in [1.54, 1.807) is 0 Å². The molecule has 0 spiro atoms. The van der Waals surface area contributed by atoms with Gasteiger partial charge < -0.3 is 9.47 Å². The van der Waals surface area contributed by atoms with Crippen molar-refractivity contribution in [1.82, 2.24) is 0 Å². The highest BCUT2D eigenvalue weighted by molar-refractivity contribution is 8.00. The van der Waals surface area contributed by atoms with Crippen LogP contribution in [0.5, 0.6) is 0 Å². The summed E-state index contributed by atoms with van der Waals surface area (Å²) in [6.07, 6.45) is 4.27. The van der Waals surface area contributed by atoms with Crippen LogP contribution in [0, 0.1) is 0 Å². The summed E-state index contributed by atoms with van der Waals surface area (Å²) in [7, 11) is 0. The molecule has 0 bridgehead atoms. The SMILES string of the molecule is CC1CC(OCC2Cc3ccccc3S2)CC(C)O1. The first-order valence-corrected chi connectivity index (χ1v) is 8.10. The van der Waals surface area contributed by atoms with E-state index in [2.05, 4.69) is 38.1 Å². The fraction of sp³-hybridized carbons (Fsp3) is 0.625. The van der Waals surface area contributed by atoms with E-state index in [0.29, 0.717) is 23.6 Å². The molecular weight excluding hydrogens is 256 g/mol. The minimum absolute atomic E-state index is 0.335. The van der Waals surface area contributed by atoms with Gasteiger partial charge in [-0.1, -0.05) is 18.2 Å². The smallest absolute Gasteiger partial charge is 0.0624 e. The van der Waals surface area contributed by atoms with Crippen LogP contribution >= 0.6 is 11.8 Å². The zero-order valence-electron chi connectivity index (χ0n) is 11.7. The third kappa shape index (κ3) is 3.33. The lowest BCUT2D eigenvalue weighted by atomic mass is 10.0. The molecule has 1 aromatic carbocycles. The maximum Gasteiger partial charge on any atom is 0.0624 e. The third-order valence-corrected chi connectivity index (χ3v) is 5.17. The van der Waals surface area contributed by atoms with Crippen LogP contribution in [0.15, 0.2) is 29.2 Å². The van der Waals surface area contributed by atoms with Crippen LogP contribution in [0.3, 0.4) is 0 Å². The largest absolute Gasteiger partial charge is 0.377 e. The Morgan fingerprint density at radius 3 is 2.68 bits per heavy atom. The molecule has 3 atom stereocenters. The molecule has 1 fully saturated rings. The molecule has 104 valence electrons. The maximum absolute atomic E-state index is 6.14. The summed E-state index contributed by atoms with van der Waals surface area (Å²) in [5, 5.41) is 0.589. The standard InChI is InChI=1S/C16H22O2S/c1-11-7-14(8-12(2)18-11)17-10-15-9-13-5-3-4-6-16(13)19-15/h3-6,11-12,14-15H,7-10H2,1-2H3. The molecule has 2 nitrogen and oxygen atoms in total. The summed E-state index contributed by atoms with van der Waals surface area (Å²) in [5.74, 6) is 0. The lowest BCUT2D eigenvalue weighted by Crippen LogP contribution is -2.35. The van der Waals surface area contributed by atoms with Gasteiger partial charge in [0, 0.05) is 10.1 Å². The van der Waals surface area contributed by atoms with Gasteiger partial charge >= 0.3 is 0 Å². The first kappa shape index (κ1) is 13.5. The van der Waals surface area contributed by atoms with Gasteiger partial charge in [0.2, 0.25) is 0 Å². The Kier molecular flexibility index (Phi) is 4.15. The normalized spacial score (nSPS) is 34.2. The van der Waals surface area contributed by atoms with Crippen LogP contribution in [0.2, 0.25) is 0 Å². The first-order valence-electron chi connectivity index (χ1n) is 7.22. The summed E-state index contributed by atoms with van der Waals surface area (Å²) < 4.78 is 11.9. The van der Waals surface area contributed by atoms with Crippen molar-refractivity contribution in [3.63, 3.8) is 0 Å². The average Bonchev–Trinajstić information content (AvgIpc) is 2.78. The van der Waals surface area contributed by atoms with Gasteiger partial charge in [-0.05, 0) is 44.7 Å². The Hall–Kier alpha value is -0.510. The molecule has 3 unspecified atom stereocenters. The number of benzene rings is 1. The summed E-state index contributed by atoms with van der Waals surface area (Å²) >= 11 is 1.97. The minimum Gasteiger partial charge on any atom is -0.377 e. The van der Waals surface area contributed by atoms with Crippen molar-refractivity contribution in [2.45, 2.75) is 61.6 Å². The third-order valence-electron chi connectivity index (χ3n) is 3.89. The molecule has 0 radical (unpaired) electrons. The Labute approximate surface area is 119 Å². The zero-order valence-corrected chi connectivity index (χ0v) is 12.5. The Morgan fingerprint density at radius 1 is 1.21 bits per heavy atom. The van der Waals surface area contributed by atoms with Crippen molar-refractivity contribution in [3.05, 3.63) is 29.8 Å². The van der Waals surface area contributed by atoms with Crippen LogP contribution in [0.4, 0.5) is 0 Å². The van der Waals surface area contributed by atoms with Gasteiger partial charge in [0.15, 0.2) is 0 Å². The Balaban J connectivity index is 1.49. The van der Waals surface area contributed by atoms with E-state index in [0.717, 1.165) is 25.9 Å². The second-order valence-corrected chi connectivity index (χ2v) is 7.08. The molecule has 3 heteroatoms. The van der Waals surface area contributed by atoms with E-state index in [4.69, 9.17) is 9.47 Å². The highest BCUT2D eigenvalue weighted by atomic mass is 32.2. The number of hydrogen-bond acceptors (Lipinski definition) is 3. The quantitative estimate of drug-likeness (QED) is 0.840. The van der Waals surface area contributed by atoms with Crippen LogP contribution in [0.25, 0.3) is 0 Å². The number of rotatable bonds is 3. The van der Waals surface area contributed by atoms with Crippen molar-refractivity contribution in [2.75, 3.05) is 6.61 Å². The van der Waals surface area contributed by atoms with E-state index in [-0.39, 0.29) is 0 Å². The Bertz CT molecular complexity index is 400. The zero-order chi connectivity index (χ0) is 13.2. The molecule has 1 aromatic rings. The summed E-state index contributed by atoms with van der Waals surface area (Å²) in [6.45, 7) is 5.15. The predicted molar refractivity (Wildman–Crippen MR) is 78.8 cm³/mol. The van der Waals surface area contributed by atoms with Crippen molar-refractivity contribution in [3.8, 4) is 0 Å². The van der Waals surface area contributed by atoms with Gasteiger partial charge in [-0.15, -0.1) is 11.8 Å². The first-order chi connectivity index (χ1) is 9.20.